The Bertz CT molecular complexity index is 334. The molecule has 2 N–H and O–H groups in total. The van der Waals surface area contributed by atoms with Crippen molar-refractivity contribution in [3.63, 3.8) is 0 Å². The molecule has 6 nitrogen and oxygen atoms in total. The smallest absolute Gasteiger partial charge is 0.310 e. The molecule has 78 valence electrons. The molecule has 0 fully saturated rings. The van der Waals surface area contributed by atoms with E-state index in [2.05, 4.69) is 5.10 Å². The molecular weight excluding hydrogens is 184 g/mol. The topological polar surface area (TPSA) is 87.0 Å². The van der Waals surface area contributed by atoms with Gasteiger partial charge in [0, 0.05) is 13.0 Å². The molecule has 0 aliphatic heterocycles. The molecule has 0 aromatic carbocycles. The minimum absolute atomic E-state index is 0.0629. The molecule has 0 radical (unpaired) electrons. The summed E-state index contributed by atoms with van der Waals surface area (Å²) in [6.45, 7) is 2.43. The third kappa shape index (κ3) is 1.90. The van der Waals surface area contributed by atoms with Crippen molar-refractivity contribution in [2.75, 3.05) is 6.54 Å². The molecule has 1 atom stereocenters. The third-order valence-electron chi connectivity index (χ3n) is 2.23. The van der Waals surface area contributed by atoms with Crippen LogP contribution in [0.1, 0.15) is 25.0 Å². The first kappa shape index (κ1) is 10.6. The van der Waals surface area contributed by atoms with Crippen LogP contribution in [0.25, 0.3) is 0 Å². The Hall–Kier alpha value is -1.43. The first-order chi connectivity index (χ1) is 6.57. The van der Waals surface area contributed by atoms with Gasteiger partial charge in [0.2, 0.25) is 0 Å². The maximum atomic E-state index is 10.7. The molecule has 0 amide bonds. The zero-order valence-corrected chi connectivity index (χ0v) is 8.30. The molecule has 0 saturated carbocycles. The number of rotatable bonds is 4. The molecular formula is C8H14N4O2. The van der Waals surface area contributed by atoms with Gasteiger partial charge in [-0.05, 0) is 13.0 Å². The quantitative estimate of drug-likeness (QED) is 0.572. The van der Waals surface area contributed by atoms with Crippen LogP contribution in [0, 0.1) is 10.1 Å². The molecule has 1 heterocycles. The van der Waals surface area contributed by atoms with Gasteiger partial charge in [0.15, 0.2) is 0 Å². The van der Waals surface area contributed by atoms with Gasteiger partial charge in [-0.25, -0.2) is 0 Å². The van der Waals surface area contributed by atoms with Crippen LogP contribution in [0.5, 0.6) is 0 Å². The first-order valence-electron chi connectivity index (χ1n) is 4.44. The minimum atomic E-state index is -0.407. The van der Waals surface area contributed by atoms with Crippen LogP contribution in [0.2, 0.25) is 0 Å². The van der Waals surface area contributed by atoms with E-state index < -0.39 is 4.92 Å². The molecule has 0 spiro atoms. The van der Waals surface area contributed by atoms with Crippen LogP contribution in [0.15, 0.2) is 6.20 Å². The fourth-order valence-electron chi connectivity index (χ4n) is 1.53. The largest absolute Gasteiger partial charge is 0.330 e. The van der Waals surface area contributed by atoms with Gasteiger partial charge in [0.05, 0.1) is 4.92 Å². The van der Waals surface area contributed by atoms with Crippen LogP contribution in [-0.4, -0.2) is 21.2 Å². The monoisotopic (exact) mass is 198 g/mol. The highest BCUT2D eigenvalue weighted by molar-refractivity contribution is 5.35. The molecule has 0 bridgehead atoms. The van der Waals surface area contributed by atoms with E-state index in [0.717, 1.165) is 6.42 Å². The summed E-state index contributed by atoms with van der Waals surface area (Å²) >= 11 is 0. The summed E-state index contributed by atoms with van der Waals surface area (Å²) in [5.74, 6) is 0.0629. The van der Waals surface area contributed by atoms with E-state index in [-0.39, 0.29) is 11.6 Å². The van der Waals surface area contributed by atoms with Gasteiger partial charge in [-0.15, -0.1) is 0 Å². The van der Waals surface area contributed by atoms with E-state index in [1.165, 1.54) is 6.20 Å². The number of aromatic nitrogens is 2. The molecule has 0 aliphatic carbocycles. The maximum Gasteiger partial charge on any atom is 0.310 e. The molecule has 1 rings (SSSR count). The second-order valence-electron chi connectivity index (χ2n) is 3.27. The summed E-state index contributed by atoms with van der Waals surface area (Å²) in [6, 6.07) is 0. The Labute approximate surface area is 81.9 Å². The van der Waals surface area contributed by atoms with E-state index in [1.54, 1.807) is 11.7 Å². The number of nitrogens with two attached hydrogens (primary N) is 1. The van der Waals surface area contributed by atoms with Crippen LogP contribution >= 0.6 is 0 Å². The van der Waals surface area contributed by atoms with E-state index in [4.69, 9.17) is 5.73 Å². The standard InChI is InChI=1S/C8H14N4O2/c1-6(3-4-9)8-7(12(13)14)5-10-11(8)2/h5-6H,3-4,9H2,1-2H3. The zero-order chi connectivity index (χ0) is 10.7. The average molecular weight is 198 g/mol. The minimum Gasteiger partial charge on any atom is -0.330 e. The molecule has 0 aliphatic rings. The van der Waals surface area contributed by atoms with Gasteiger partial charge in [-0.2, -0.15) is 5.10 Å². The normalized spacial score (nSPS) is 12.8. The number of hydrogen-bond donors (Lipinski definition) is 1. The van der Waals surface area contributed by atoms with E-state index in [1.807, 2.05) is 6.92 Å². The highest BCUT2D eigenvalue weighted by atomic mass is 16.6. The van der Waals surface area contributed by atoms with E-state index in [9.17, 15) is 10.1 Å². The lowest BCUT2D eigenvalue weighted by Gasteiger charge is -2.09. The van der Waals surface area contributed by atoms with Crippen molar-refractivity contribution in [1.29, 1.82) is 0 Å². The highest BCUT2D eigenvalue weighted by Crippen LogP contribution is 2.27. The fraction of sp³-hybridized carbons (Fsp3) is 0.625. The van der Waals surface area contributed by atoms with Gasteiger partial charge in [0.1, 0.15) is 11.9 Å². The van der Waals surface area contributed by atoms with Crippen LogP contribution in [-0.2, 0) is 7.05 Å². The molecule has 1 aromatic rings. The lowest BCUT2D eigenvalue weighted by atomic mass is 10.0. The van der Waals surface area contributed by atoms with E-state index in [0.29, 0.717) is 12.2 Å². The van der Waals surface area contributed by atoms with Crippen molar-refractivity contribution >= 4 is 5.69 Å². The van der Waals surface area contributed by atoms with Gasteiger partial charge in [-0.3, -0.25) is 14.8 Å². The van der Waals surface area contributed by atoms with Crippen molar-refractivity contribution in [2.45, 2.75) is 19.3 Å². The number of nitrogens with zero attached hydrogens (tertiary/aromatic N) is 3. The summed E-state index contributed by atoms with van der Waals surface area (Å²) < 4.78 is 1.54. The van der Waals surface area contributed by atoms with E-state index >= 15 is 0 Å². The summed E-state index contributed by atoms with van der Waals surface area (Å²) in [4.78, 5) is 10.3. The Morgan fingerprint density at radius 3 is 2.93 bits per heavy atom. The summed E-state index contributed by atoms with van der Waals surface area (Å²) in [6.07, 6.45) is 2.00. The van der Waals surface area contributed by atoms with Crippen molar-refractivity contribution < 1.29 is 4.92 Å². The molecule has 0 saturated heterocycles. The van der Waals surface area contributed by atoms with Crippen molar-refractivity contribution in [2.24, 2.45) is 12.8 Å². The summed E-state index contributed by atoms with van der Waals surface area (Å²) in [7, 11) is 1.70. The van der Waals surface area contributed by atoms with Gasteiger partial charge < -0.3 is 5.73 Å². The second-order valence-corrected chi connectivity index (χ2v) is 3.27. The van der Waals surface area contributed by atoms with Gasteiger partial charge in [-0.1, -0.05) is 6.92 Å². The Morgan fingerprint density at radius 2 is 2.43 bits per heavy atom. The SMILES string of the molecule is CC(CCN)c1c([N+](=O)[O-])cnn1C. The predicted molar refractivity (Wildman–Crippen MR) is 51.9 cm³/mol. The summed E-state index contributed by atoms with van der Waals surface area (Å²) in [5, 5.41) is 14.5. The molecule has 1 unspecified atom stereocenters. The Balaban J connectivity index is 3.04. The second kappa shape index (κ2) is 4.19. The summed E-state index contributed by atoms with van der Waals surface area (Å²) in [5.41, 5.74) is 6.13. The predicted octanol–water partition coefficient (Wildman–Crippen LogP) is 0.781. The third-order valence-corrected chi connectivity index (χ3v) is 2.23. The number of aryl methyl sites for hydroxylation is 1. The Morgan fingerprint density at radius 1 is 1.79 bits per heavy atom. The number of hydrogen-bond acceptors (Lipinski definition) is 4. The fourth-order valence-corrected chi connectivity index (χ4v) is 1.53. The van der Waals surface area contributed by atoms with Gasteiger partial charge in [0.25, 0.3) is 0 Å². The van der Waals surface area contributed by atoms with Crippen LogP contribution in [0.4, 0.5) is 5.69 Å². The maximum absolute atomic E-state index is 10.7. The van der Waals surface area contributed by atoms with Crippen molar-refractivity contribution in [3.8, 4) is 0 Å². The van der Waals surface area contributed by atoms with Crippen LogP contribution in [0.3, 0.4) is 0 Å². The molecule has 14 heavy (non-hydrogen) atoms. The lowest BCUT2D eigenvalue weighted by molar-refractivity contribution is -0.385. The zero-order valence-electron chi connectivity index (χ0n) is 8.30. The highest BCUT2D eigenvalue weighted by Gasteiger charge is 2.23. The van der Waals surface area contributed by atoms with Crippen LogP contribution < -0.4 is 5.73 Å². The van der Waals surface area contributed by atoms with Crippen molar-refractivity contribution in [3.05, 3.63) is 22.0 Å². The average Bonchev–Trinajstić information content (AvgIpc) is 2.47. The molecule has 1 aromatic heterocycles. The Kier molecular flexibility index (Phi) is 3.19. The van der Waals surface area contributed by atoms with Crippen molar-refractivity contribution in [1.82, 2.24) is 9.78 Å². The number of nitro groups is 1. The first-order valence-corrected chi connectivity index (χ1v) is 4.44. The van der Waals surface area contributed by atoms with Gasteiger partial charge >= 0.3 is 5.69 Å². The molecule has 6 heteroatoms. The lowest BCUT2D eigenvalue weighted by Crippen LogP contribution is -2.10.